The second-order valence-corrected chi connectivity index (χ2v) is 20.6. The van der Waals surface area contributed by atoms with E-state index in [1.165, 1.54) is 115 Å². The first-order chi connectivity index (χ1) is 42.6. The molecule has 0 aromatic heterocycles. The number of carbonyl (C=O) groups excluding carboxylic acids is 5. The van der Waals surface area contributed by atoms with Crippen LogP contribution in [0.15, 0.2) is 121 Å². The number of hydrogen-bond acceptors (Lipinski definition) is 29. The third kappa shape index (κ3) is 17.1. The topological polar surface area (TPSA) is 439 Å². The van der Waals surface area contributed by atoms with Crippen LogP contribution in [0.3, 0.4) is 0 Å². The Balaban J connectivity index is 1.25. The Morgan fingerprint density at radius 3 is 1.45 bits per heavy atom. The van der Waals surface area contributed by atoms with Gasteiger partial charge in [-0.2, -0.15) is 0 Å². The molecule has 0 saturated carbocycles. The maximum Gasteiger partial charge on any atom is 0.338 e. The smallest absolute Gasteiger partial charge is 0.338 e. The molecule has 4 aromatic carbocycles. The molecule has 0 spiro atoms. The highest BCUT2D eigenvalue weighted by Crippen LogP contribution is 2.42. The minimum absolute atomic E-state index is 0.0540. The summed E-state index contributed by atoms with van der Waals surface area (Å²) in [6, 6.07) is 23.8. The van der Waals surface area contributed by atoms with Crippen molar-refractivity contribution >= 4 is 48.1 Å². The van der Waals surface area contributed by atoms with Crippen molar-refractivity contribution in [2.75, 3.05) is 33.0 Å². The molecular formula is C60H66O29. The normalized spacial score (nSPS) is 32.2. The SMILES string of the molecule is CC(=O)OC[C@H]1O[C@H](O[C@]2(COC(=O)/C=C/c3ccc(O)cc3)O[C@H](CO)[C@@H](O)[C@@H]2OC(=O)c2ccccc2)[C@H](O[C@@H]2O[C@H](CO)[C@@H](O)[C@H](O)[C@H]2O)[C@@H](O[C@@H]2O[C@H](COC(=O)/C=C/c3ccc(O)cc3)[C@@H](O)[C@H](O)[C@H]2O)[C@@H]1OC(=O)/C=C/c1ccc(O)cc1. The summed E-state index contributed by atoms with van der Waals surface area (Å²) in [5.74, 6) is -8.81. The van der Waals surface area contributed by atoms with E-state index in [1.54, 1.807) is 6.07 Å². The van der Waals surface area contributed by atoms with Gasteiger partial charge >= 0.3 is 29.8 Å². The van der Waals surface area contributed by atoms with Gasteiger partial charge in [0.15, 0.2) is 31.1 Å². The van der Waals surface area contributed by atoms with Crippen LogP contribution in [0.4, 0.5) is 0 Å². The molecule has 0 unspecified atom stereocenters. The monoisotopic (exact) mass is 1250 g/mol. The number of rotatable bonds is 23. The van der Waals surface area contributed by atoms with Crippen LogP contribution in [-0.2, 0) is 76.0 Å². The van der Waals surface area contributed by atoms with E-state index in [-0.39, 0.29) is 22.8 Å². The number of benzene rings is 4. The van der Waals surface area contributed by atoms with E-state index in [1.807, 2.05) is 0 Å². The van der Waals surface area contributed by atoms with Gasteiger partial charge in [-0.15, -0.1) is 0 Å². The van der Waals surface area contributed by atoms with Crippen LogP contribution < -0.4 is 0 Å². The Labute approximate surface area is 505 Å². The molecule has 12 N–H and O–H groups in total. The first-order valence-electron chi connectivity index (χ1n) is 27.5. The van der Waals surface area contributed by atoms with Gasteiger partial charge in [-0.3, -0.25) is 4.79 Å². The zero-order valence-corrected chi connectivity index (χ0v) is 47.0. The van der Waals surface area contributed by atoms with Gasteiger partial charge in [0.1, 0.15) is 116 Å². The predicted octanol–water partition coefficient (Wildman–Crippen LogP) is -1.40. The lowest BCUT2D eigenvalue weighted by Crippen LogP contribution is -2.69. The number of carbonyl (C=O) groups is 5. The van der Waals surface area contributed by atoms with E-state index in [9.17, 15) is 85.3 Å². The van der Waals surface area contributed by atoms with E-state index >= 15 is 0 Å². The molecule has 29 heteroatoms. The second-order valence-electron chi connectivity index (χ2n) is 20.6. The summed E-state index contributed by atoms with van der Waals surface area (Å²) >= 11 is 0. The summed E-state index contributed by atoms with van der Waals surface area (Å²) in [6.07, 6.45) is -31.9. The summed E-state index contributed by atoms with van der Waals surface area (Å²) in [7, 11) is 0. The number of hydrogen-bond donors (Lipinski definition) is 12. The molecular weight excluding hydrogens is 1180 g/mol. The number of phenols is 3. The largest absolute Gasteiger partial charge is 0.508 e. The highest BCUT2D eigenvalue weighted by molar-refractivity contribution is 5.90. The molecule has 0 amide bonds. The van der Waals surface area contributed by atoms with Gasteiger partial charge in [-0.05, 0) is 83.4 Å². The predicted molar refractivity (Wildman–Crippen MR) is 296 cm³/mol. The van der Waals surface area contributed by atoms with Crippen LogP contribution in [0.25, 0.3) is 18.2 Å². The number of esters is 5. The van der Waals surface area contributed by atoms with Crippen molar-refractivity contribution in [3.05, 3.63) is 144 Å². The van der Waals surface area contributed by atoms with Crippen molar-refractivity contribution in [1.29, 1.82) is 0 Å². The van der Waals surface area contributed by atoms with E-state index in [0.29, 0.717) is 16.7 Å². The van der Waals surface area contributed by atoms with Crippen LogP contribution in [0.1, 0.15) is 34.0 Å². The number of ether oxygens (including phenoxy) is 12. The summed E-state index contributed by atoms with van der Waals surface area (Å²) in [4.78, 5) is 67.6. The van der Waals surface area contributed by atoms with Crippen molar-refractivity contribution < 1.29 is 142 Å². The molecule has 0 radical (unpaired) electrons. The standard InChI is InChI=1S/C60H66O29/c1-30(63)78-28-41-52(84-44(69)24-15-33-11-20-37(66)21-12-33)53(85-58-51(76)49(74)46(71)40(82-58)27-79-42(67)22-13-31-7-16-35(64)17-8-31)54(86-57-50(75)48(73)45(70)38(25-61)81-57)59(83-41)89-60(29-80-43(68)23-14-32-9-18-36(65)19-10-32)55(47(72)39(26-62)88-60)87-56(77)34-5-3-2-4-6-34/h2-24,38-41,45-55,57-59,61-62,64-66,70-76H,25-29H2,1H3/b22-13+,23-14+,24-15+/t38-,39-,40-,41-,45-,46-,47-,48+,49+,50-,51-,52-,53+,54-,55+,57+,58+,59-,60+/m1/s1. The van der Waals surface area contributed by atoms with Crippen LogP contribution in [0, 0.1) is 0 Å². The quantitative estimate of drug-likeness (QED) is 0.0231. The summed E-state index contributed by atoms with van der Waals surface area (Å²) in [5.41, 5.74) is 1.05. The lowest BCUT2D eigenvalue weighted by Gasteiger charge is -2.50. The zero-order valence-electron chi connectivity index (χ0n) is 47.0. The van der Waals surface area contributed by atoms with E-state index < -0.39 is 179 Å². The Morgan fingerprint density at radius 2 is 0.933 bits per heavy atom. The van der Waals surface area contributed by atoms with Gasteiger partial charge in [0.25, 0.3) is 0 Å². The van der Waals surface area contributed by atoms with Crippen molar-refractivity contribution in [1.82, 2.24) is 0 Å². The molecule has 4 heterocycles. The Kier molecular flexibility index (Phi) is 23.1. The molecule has 4 aliphatic heterocycles. The van der Waals surface area contributed by atoms with Crippen molar-refractivity contribution in [3.8, 4) is 17.2 Å². The molecule has 19 atom stereocenters. The first-order valence-corrected chi connectivity index (χ1v) is 27.5. The molecule has 4 saturated heterocycles. The van der Waals surface area contributed by atoms with Crippen LogP contribution in [0.5, 0.6) is 17.2 Å². The molecule has 29 nitrogen and oxygen atoms in total. The van der Waals surface area contributed by atoms with E-state index in [2.05, 4.69) is 0 Å². The lowest BCUT2D eigenvalue weighted by molar-refractivity contribution is -0.421. The van der Waals surface area contributed by atoms with Crippen molar-refractivity contribution in [2.45, 2.75) is 123 Å². The van der Waals surface area contributed by atoms with Gasteiger partial charge in [0, 0.05) is 25.2 Å². The zero-order chi connectivity index (χ0) is 64.1. The molecule has 0 aliphatic carbocycles. The van der Waals surface area contributed by atoms with Crippen LogP contribution in [-0.4, -0.2) is 240 Å². The minimum atomic E-state index is -2.94. The number of phenolic OH excluding ortho intramolecular Hbond substituents is 3. The fourth-order valence-corrected chi connectivity index (χ4v) is 9.61. The molecule has 4 aromatic rings. The first kappa shape index (κ1) is 67.1. The maximum absolute atomic E-state index is 14.2. The van der Waals surface area contributed by atoms with E-state index in [0.717, 1.165) is 25.2 Å². The summed E-state index contributed by atoms with van der Waals surface area (Å²) in [6.45, 7) is -4.19. The summed E-state index contributed by atoms with van der Waals surface area (Å²) in [5, 5.41) is 130. The molecule has 89 heavy (non-hydrogen) atoms. The fourth-order valence-electron chi connectivity index (χ4n) is 9.61. The lowest BCUT2D eigenvalue weighted by atomic mass is 9.95. The third-order valence-electron chi connectivity index (χ3n) is 14.3. The molecule has 8 rings (SSSR count). The Morgan fingerprint density at radius 1 is 0.472 bits per heavy atom. The molecule has 4 fully saturated rings. The van der Waals surface area contributed by atoms with E-state index in [4.69, 9.17) is 56.8 Å². The molecule has 4 aliphatic rings. The van der Waals surface area contributed by atoms with Gasteiger partial charge in [-0.25, -0.2) is 19.2 Å². The van der Waals surface area contributed by atoms with Gasteiger partial charge in [0.2, 0.25) is 5.79 Å². The van der Waals surface area contributed by atoms with Crippen LogP contribution >= 0.6 is 0 Å². The Hall–Kier alpha value is -7.79. The fraction of sp³-hybridized carbons (Fsp3) is 0.417. The molecule has 0 bridgehead atoms. The average Bonchev–Trinajstić information content (AvgIpc) is 1.83. The maximum atomic E-state index is 14.2. The summed E-state index contributed by atoms with van der Waals surface area (Å²) < 4.78 is 72.1. The Bertz CT molecular complexity index is 3090. The third-order valence-corrected chi connectivity index (χ3v) is 14.3. The second kappa shape index (κ2) is 30.6. The highest BCUT2D eigenvalue weighted by atomic mass is 16.8. The minimum Gasteiger partial charge on any atom is -0.508 e. The van der Waals surface area contributed by atoms with Crippen molar-refractivity contribution in [3.63, 3.8) is 0 Å². The van der Waals surface area contributed by atoms with Crippen LogP contribution in [0.2, 0.25) is 0 Å². The molecule has 480 valence electrons. The van der Waals surface area contributed by atoms with Gasteiger partial charge in [-0.1, -0.05) is 54.6 Å². The van der Waals surface area contributed by atoms with Gasteiger partial charge < -0.3 is 118 Å². The van der Waals surface area contributed by atoms with Gasteiger partial charge in [0.05, 0.1) is 18.8 Å². The number of aromatic hydroxyl groups is 3. The average molecular weight is 1250 g/mol. The highest BCUT2D eigenvalue weighted by Gasteiger charge is 2.64. The number of aliphatic hydroxyl groups excluding tert-OH is 9. The number of aliphatic hydroxyl groups is 9. The van der Waals surface area contributed by atoms with Crippen molar-refractivity contribution in [2.24, 2.45) is 0 Å².